The van der Waals surface area contributed by atoms with Crippen LogP contribution < -0.4 is 15.4 Å². The van der Waals surface area contributed by atoms with Gasteiger partial charge in [-0.15, -0.1) is 0 Å². The molecule has 1 heterocycles. The maximum absolute atomic E-state index is 12.4. The zero-order valence-corrected chi connectivity index (χ0v) is 12.8. The third-order valence-electron chi connectivity index (χ3n) is 3.39. The normalized spacial score (nSPS) is 12.3. The number of hydrogen-bond acceptors (Lipinski definition) is 4. The molecule has 2 amide bonds. The van der Waals surface area contributed by atoms with Gasteiger partial charge in [0.15, 0.2) is 5.75 Å². The van der Waals surface area contributed by atoms with Crippen molar-refractivity contribution in [1.29, 1.82) is 0 Å². The van der Waals surface area contributed by atoms with Gasteiger partial charge in [-0.1, -0.05) is 6.07 Å². The molecule has 0 fully saturated rings. The number of carbonyl (C=O) groups is 2. The second-order valence-corrected chi connectivity index (χ2v) is 5.25. The number of ether oxygens (including phenoxy) is 2. The maximum atomic E-state index is 12.4. The number of aryl methyl sites for hydroxylation is 1. The highest BCUT2D eigenvalue weighted by atomic mass is 16.5. The second-order valence-electron chi connectivity index (χ2n) is 5.25. The van der Waals surface area contributed by atoms with Crippen molar-refractivity contribution in [2.75, 3.05) is 24.4 Å². The fraction of sp³-hybridized carbons (Fsp3) is 0.176. The van der Waals surface area contributed by atoms with Crippen LogP contribution in [0.25, 0.3) is 0 Å². The van der Waals surface area contributed by atoms with Gasteiger partial charge >= 0.3 is 0 Å². The summed E-state index contributed by atoms with van der Waals surface area (Å²) in [5, 5.41) is 5.49. The van der Waals surface area contributed by atoms with Crippen molar-refractivity contribution in [2.45, 2.75) is 6.92 Å². The van der Waals surface area contributed by atoms with E-state index in [0.717, 1.165) is 5.56 Å². The molecule has 118 valence electrons. The molecule has 0 spiro atoms. The van der Waals surface area contributed by atoms with Crippen LogP contribution in [0.2, 0.25) is 0 Å². The highest BCUT2D eigenvalue weighted by Crippen LogP contribution is 2.37. The summed E-state index contributed by atoms with van der Waals surface area (Å²) in [5.74, 6) is 0.446. The van der Waals surface area contributed by atoms with E-state index in [-0.39, 0.29) is 18.4 Å². The Labute approximate surface area is 133 Å². The summed E-state index contributed by atoms with van der Waals surface area (Å²) in [6.45, 7) is 1.89. The predicted molar refractivity (Wildman–Crippen MR) is 86.2 cm³/mol. The fourth-order valence-corrected chi connectivity index (χ4v) is 2.34. The standard InChI is InChI=1S/C17H16N2O4/c1-10-3-5-15-13(7-10)19-17(21)12-8-11(4-6-14(12)23-15)18-16(20)9-22-2/h3-8H,9H2,1-2H3,(H,18,20)(H,19,21). The van der Waals surface area contributed by atoms with Gasteiger partial charge in [-0.05, 0) is 42.8 Å². The molecule has 6 heteroatoms. The monoisotopic (exact) mass is 312 g/mol. The van der Waals surface area contributed by atoms with E-state index < -0.39 is 0 Å². The first-order valence-corrected chi connectivity index (χ1v) is 7.09. The van der Waals surface area contributed by atoms with Crippen LogP contribution in [0.15, 0.2) is 36.4 Å². The van der Waals surface area contributed by atoms with Crippen molar-refractivity contribution in [3.05, 3.63) is 47.5 Å². The van der Waals surface area contributed by atoms with Gasteiger partial charge in [0.1, 0.15) is 12.4 Å². The Kier molecular flexibility index (Phi) is 3.99. The molecule has 23 heavy (non-hydrogen) atoms. The van der Waals surface area contributed by atoms with Crippen LogP contribution >= 0.6 is 0 Å². The summed E-state index contributed by atoms with van der Waals surface area (Å²) in [7, 11) is 1.44. The molecule has 0 saturated heterocycles. The van der Waals surface area contributed by atoms with Gasteiger partial charge < -0.3 is 20.1 Å². The number of carbonyl (C=O) groups excluding carboxylic acids is 2. The summed E-state index contributed by atoms with van der Waals surface area (Å²) >= 11 is 0. The number of fused-ring (bicyclic) bond motifs is 2. The van der Waals surface area contributed by atoms with E-state index in [2.05, 4.69) is 10.6 Å². The van der Waals surface area contributed by atoms with E-state index in [1.165, 1.54) is 7.11 Å². The van der Waals surface area contributed by atoms with E-state index in [9.17, 15) is 9.59 Å². The highest BCUT2D eigenvalue weighted by molar-refractivity contribution is 6.09. The first-order valence-electron chi connectivity index (χ1n) is 7.09. The molecule has 0 atom stereocenters. The number of anilines is 2. The largest absolute Gasteiger partial charge is 0.454 e. The summed E-state index contributed by atoms with van der Waals surface area (Å²) < 4.78 is 10.6. The molecule has 2 aromatic carbocycles. The Morgan fingerprint density at radius 3 is 2.78 bits per heavy atom. The second kappa shape index (κ2) is 6.10. The minimum absolute atomic E-state index is 0.0511. The van der Waals surface area contributed by atoms with Gasteiger partial charge in [-0.2, -0.15) is 0 Å². The lowest BCUT2D eigenvalue weighted by Gasteiger charge is -2.09. The van der Waals surface area contributed by atoms with Gasteiger partial charge in [0.2, 0.25) is 5.91 Å². The molecule has 6 nitrogen and oxygen atoms in total. The minimum Gasteiger partial charge on any atom is -0.454 e. The molecule has 0 radical (unpaired) electrons. The predicted octanol–water partition coefficient (Wildman–Crippen LogP) is 2.94. The number of benzene rings is 2. The van der Waals surface area contributed by atoms with E-state index in [0.29, 0.717) is 28.4 Å². The maximum Gasteiger partial charge on any atom is 0.259 e. The number of nitrogens with one attached hydrogen (secondary N) is 2. The molecular weight excluding hydrogens is 296 g/mol. The highest BCUT2D eigenvalue weighted by Gasteiger charge is 2.21. The molecule has 3 rings (SSSR count). The molecule has 0 unspecified atom stereocenters. The smallest absolute Gasteiger partial charge is 0.259 e. The van der Waals surface area contributed by atoms with Crippen LogP contribution in [-0.4, -0.2) is 25.5 Å². The Hall–Kier alpha value is -2.86. The van der Waals surface area contributed by atoms with Gasteiger partial charge in [0, 0.05) is 12.8 Å². The first kappa shape index (κ1) is 15.1. The Balaban J connectivity index is 1.92. The average molecular weight is 312 g/mol. The number of hydrogen-bond donors (Lipinski definition) is 2. The zero-order valence-electron chi connectivity index (χ0n) is 12.8. The van der Waals surface area contributed by atoms with Crippen LogP contribution in [0.5, 0.6) is 11.5 Å². The minimum atomic E-state index is -0.290. The summed E-state index contributed by atoms with van der Waals surface area (Å²) in [6, 6.07) is 10.5. The molecule has 2 aromatic rings. The van der Waals surface area contributed by atoms with E-state index in [4.69, 9.17) is 9.47 Å². The van der Waals surface area contributed by atoms with Crippen molar-refractivity contribution < 1.29 is 19.1 Å². The third-order valence-corrected chi connectivity index (χ3v) is 3.39. The van der Waals surface area contributed by atoms with Crippen molar-refractivity contribution in [1.82, 2.24) is 0 Å². The summed E-state index contributed by atoms with van der Waals surface area (Å²) in [5.41, 5.74) is 2.50. The van der Waals surface area contributed by atoms with Crippen molar-refractivity contribution in [3.63, 3.8) is 0 Å². The van der Waals surface area contributed by atoms with Crippen LogP contribution in [0.3, 0.4) is 0 Å². The van der Waals surface area contributed by atoms with E-state index >= 15 is 0 Å². The molecule has 0 bridgehead atoms. The summed E-state index contributed by atoms with van der Waals surface area (Å²) in [4.78, 5) is 24.0. The van der Waals surface area contributed by atoms with Gasteiger partial charge in [0.25, 0.3) is 5.91 Å². The van der Waals surface area contributed by atoms with E-state index in [1.807, 2.05) is 25.1 Å². The quantitative estimate of drug-likeness (QED) is 0.913. The Morgan fingerprint density at radius 2 is 2.00 bits per heavy atom. The zero-order chi connectivity index (χ0) is 16.4. The van der Waals surface area contributed by atoms with Gasteiger partial charge in [0.05, 0.1) is 11.3 Å². The van der Waals surface area contributed by atoms with Crippen LogP contribution in [0.1, 0.15) is 15.9 Å². The average Bonchev–Trinajstić information content (AvgIpc) is 2.63. The molecule has 1 aliphatic heterocycles. The van der Waals surface area contributed by atoms with Gasteiger partial charge in [-0.25, -0.2) is 0 Å². The van der Waals surface area contributed by atoms with Crippen LogP contribution in [-0.2, 0) is 9.53 Å². The first-order chi connectivity index (χ1) is 11.1. The number of amides is 2. The van der Waals surface area contributed by atoms with Crippen molar-refractivity contribution in [2.24, 2.45) is 0 Å². The lowest BCUT2D eigenvalue weighted by atomic mass is 10.1. The molecular formula is C17H16N2O4. The number of rotatable bonds is 3. The van der Waals surface area contributed by atoms with Crippen LogP contribution in [0.4, 0.5) is 11.4 Å². The lowest BCUT2D eigenvalue weighted by molar-refractivity contribution is -0.119. The Morgan fingerprint density at radius 1 is 1.22 bits per heavy atom. The Bertz CT molecular complexity index is 786. The SMILES string of the molecule is COCC(=O)Nc1ccc2c(c1)C(=O)Nc1cc(C)ccc1O2. The summed E-state index contributed by atoms with van der Waals surface area (Å²) in [6.07, 6.45) is 0. The molecule has 2 N–H and O–H groups in total. The van der Waals surface area contributed by atoms with Gasteiger partial charge in [-0.3, -0.25) is 9.59 Å². The molecule has 0 aliphatic carbocycles. The van der Waals surface area contributed by atoms with Crippen LogP contribution in [0, 0.1) is 6.92 Å². The molecule has 0 aromatic heterocycles. The fourth-order valence-electron chi connectivity index (χ4n) is 2.34. The molecule has 1 aliphatic rings. The number of methoxy groups -OCH3 is 1. The third kappa shape index (κ3) is 3.17. The topological polar surface area (TPSA) is 76.7 Å². The van der Waals surface area contributed by atoms with Crippen molar-refractivity contribution >= 4 is 23.2 Å². The van der Waals surface area contributed by atoms with Crippen molar-refractivity contribution in [3.8, 4) is 11.5 Å². The van der Waals surface area contributed by atoms with E-state index in [1.54, 1.807) is 18.2 Å². The lowest BCUT2D eigenvalue weighted by Crippen LogP contribution is -2.18. The molecule has 0 saturated carbocycles.